The van der Waals surface area contributed by atoms with E-state index in [0.29, 0.717) is 13.0 Å². The third-order valence-corrected chi connectivity index (χ3v) is 5.37. The van der Waals surface area contributed by atoms with Gasteiger partial charge in [0.15, 0.2) is 0 Å². The molecule has 2 aromatic rings. The van der Waals surface area contributed by atoms with E-state index in [4.69, 9.17) is 9.52 Å². The Morgan fingerprint density at radius 2 is 2.11 bits per heavy atom. The summed E-state index contributed by atoms with van der Waals surface area (Å²) in [6.07, 6.45) is 0.614. The fraction of sp³-hybridized carbons (Fsp3) is 0.273. The third kappa shape index (κ3) is 3.90. The van der Waals surface area contributed by atoms with Crippen LogP contribution in [-0.2, 0) is 23.1 Å². The van der Waals surface area contributed by atoms with Gasteiger partial charge in [-0.1, -0.05) is 0 Å². The molecule has 0 spiro atoms. The number of hydrogen-bond donors (Lipinski definition) is 2. The molecule has 0 aliphatic rings. The van der Waals surface area contributed by atoms with Gasteiger partial charge < -0.3 is 9.52 Å². The molecule has 0 unspecified atom stereocenters. The van der Waals surface area contributed by atoms with E-state index in [2.05, 4.69) is 20.7 Å². The molecule has 104 valence electrons. The van der Waals surface area contributed by atoms with Crippen molar-refractivity contribution in [1.29, 1.82) is 0 Å². The summed E-state index contributed by atoms with van der Waals surface area (Å²) < 4.78 is 32.2. The monoisotopic (exact) mass is 365 g/mol. The molecule has 8 heteroatoms. The number of aliphatic hydroxyl groups is 1. The lowest BCUT2D eigenvalue weighted by Crippen LogP contribution is -2.25. The highest BCUT2D eigenvalue weighted by atomic mass is 79.9. The van der Waals surface area contributed by atoms with E-state index in [9.17, 15) is 8.42 Å². The highest BCUT2D eigenvalue weighted by Crippen LogP contribution is 2.22. The Labute approximate surface area is 123 Å². The number of furan rings is 1. The van der Waals surface area contributed by atoms with Gasteiger partial charge in [0.1, 0.15) is 12.4 Å². The molecule has 2 heterocycles. The zero-order valence-electron chi connectivity index (χ0n) is 9.80. The van der Waals surface area contributed by atoms with E-state index in [1.807, 2.05) is 12.1 Å². The van der Waals surface area contributed by atoms with Gasteiger partial charge in [0.2, 0.25) is 5.09 Å². The van der Waals surface area contributed by atoms with Crippen molar-refractivity contribution in [3.8, 4) is 0 Å². The number of rotatable bonds is 6. The summed E-state index contributed by atoms with van der Waals surface area (Å²) in [4.78, 5) is 1.09. The largest absolute Gasteiger partial charge is 0.446 e. The molecule has 0 atom stereocenters. The van der Waals surface area contributed by atoms with Gasteiger partial charge in [-0.15, -0.1) is 11.3 Å². The van der Waals surface area contributed by atoms with E-state index in [-0.39, 0.29) is 17.5 Å². The number of thiophene rings is 1. The zero-order chi connectivity index (χ0) is 13.9. The summed E-state index contributed by atoms with van der Waals surface area (Å²) in [6, 6.07) is 6.63. The van der Waals surface area contributed by atoms with Gasteiger partial charge in [-0.2, -0.15) is 0 Å². The van der Waals surface area contributed by atoms with Crippen LogP contribution in [-0.4, -0.2) is 20.1 Å². The Bertz CT molecular complexity index is 647. The Morgan fingerprint density at radius 3 is 2.68 bits per heavy atom. The standard InChI is InChI=1S/C11H12BrNO4S2/c12-10-3-2-9(18-10)5-6-13-19(15,16)11-4-1-8(7-14)17-11/h1-4,13-14H,5-7H2. The molecule has 0 radical (unpaired) electrons. The number of sulfonamides is 1. The molecule has 2 aromatic heterocycles. The van der Waals surface area contributed by atoms with Crippen molar-refractivity contribution in [3.05, 3.63) is 38.7 Å². The van der Waals surface area contributed by atoms with Crippen LogP contribution in [0.4, 0.5) is 0 Å². The molecule has 0 bridgehead atoms. The van der Waals surface area contributed by atoms with Gasteiger partial charge in [-0.25, -0.2) is 13.1 Å². The smallest absolute Gasteiger partial charge is 0.273 e. The van der Waals surface area contributed by atoms with Gasteiger partial charge in [0.05, 0.1) is 3.79 Å². The number of halogens is 1. The molecule has 0 aliphatic heterocycles. The quantitative estimate of drug-likeness (QED) is 0.821. The molecule has 19 heavy (non-hydrogen) atoms. The van der Waals surface area contributed by atoms with Crippen LogP contribution in [0.25, 0.3) is 0 Å². The topological polar surface area (TPSA) is 79.5 Å². The molecule has 5 nitrogen and oxygen atoms in total. The molecule has 0 saturated heterocycles. The second kappa shape index (κ2) is 6.19. The van der Waals surface area contributed by atoms with E-state index in [1.165, 1.54) is 12.1 Å². The first-order chi connectivity index (χ1) is 9.01. The molecule has 0 fully saturated rings. The predicted octanol–water partition coefficient (Wildman–Crippen LogP) is 2.12. The number of aliphatic hydroxyl groups excluding tert-OH is 1. The van der Waals surface area contributed by atoms with Crippen molar-refractivity contribution < 1.29 is 17.9 Å². The highest BCUT2D eigenvalue weighted by Gasteiger charge is 2.18. The molecule has 2 N–H and O–H groups in total. The van der Waals surface area contributed by atoms with Gasteiger partial charge in [-0.3, -0.25) is 0 Å². The fourth-order valence-electron chi connectivity index (χ4n) is 1.45. The first-order valence-electron chi connectivity index (χ1n) is 5.45. The molecular weight excluding hydrogens is 354 g/mol. The first-order valence-corrected chi connectivity index (χ1v) is 8.54. The third-order valence-electron chi connectivity index (χ3n) is 2.35. The second-order valence-corrected chi connectivity index (χ2v) is 7.98. The minimum Gasteiger partial charge on any atom is -0.446 e. The van der Waals surface area contributed by atoms with Crippen molar-refractivity contribution in [2.24, 2.45) is 0 Å². The van der Waals surface area contributed by atoms with Gasteiger partial charge in [-0.05, 0) is 46.6 Å². The lowest BCUT2D eigenvalue weighted by molar-refractivity contribution is 0.236. The van der Waals surface area contributed by atoms with Crippen LogP contribution >= 0.6 is 27.3 Å². The summed E-state index contributed by atoms with van der Waals surface area (Å²) in [6.45, 7) is -0.0246. The van der Waals surface area contributed by atoms with Crippen LogP contribution < -0.4 is 4.72 Å². The minimum atomic E-state index is -3.65. The summed E-state index contributed by atoms with van der Waals surface area (Å²) in [5, 5.41) is 8.65. The average Bonchev–Trinajstić information content (AvgIpc) is 2.98. The molecule has 0 saturated carbocycles. The van der Waals surface area contributed by atoms with E-state index in [1.54, 1.807) is 11.3 Å². The van der Waals surface area contributed by atoms with Crippen LogP contribution in [0.2, 0.25) is 0 Å². The average molecular weight is 366 g/mol. The van der Waals surface area contributed by atoms with Crippen molar-refractivity contribution in [3.63, 3.8) is 0 Å². The van der Waals surface area contributed by atoms with E-state index >= 15 is 0 Å². The summed E-state index contributed by atoms with van der Waals surface area (Å²) in [5.41, 5.74) is 0. The Balaban J connectivity index is 1.94. The molecule has 0 amide bonds. The minimum absolute atomic E-state index is 0.177. The molecule has 0 aliphatic carbocycles. The van der Waals surface area contributed by atoms with Crippen molar-refractivity contribution in [2.45, 2.75) is 18.1 Å². The van der Waals surface area contributed by atoms with Gasteiger partial charge >= 0.3 is 0 Å². The van der Waals surface area contributed by atoms with Crippen LogP contribution in [0.5, 0.6) is 0 Å². The second-order valence-electron chi connectivity index (χ2n) is 3.73. The first kappa shape index (κ1) is 14.7. The fourth-order valence-corrected chi connectivity index (χ4v) is 3.91. The van der Waals surface area contributed by atoms with Crippen molar-refractivity contribution >= 4 is 37.3 Å². The Kier molecular flexibility index (Phi) is 4.80. The summed E-state index contributed by atoms with van der Waals surface area (Å²) >= 11 is 4.92. The Morgan fingerprint density at radius 1 is 1.32 bits per heavy atom. The van der Waals surface area contributed by atoms with Gasteiger partial charge in [0, 0.05) is 11.4 Å². The molecular formula is C11H12BrNO4S2. The summed E-state index contributed by atoms with van der Waals surface area (Å²) in [7, 11) is -3.65. The van der Waals surface area contributed by atoms with E-state index in [0.717, 1.165) is 8.66 Å². The van der Waals surface area contributed by atoms with E-state index < -0.39 is 10.0 Å². The van der Waals surface area contributed by atoms with Crippen molar-refractivity contribution in [1.82, 2.24) is 4.72 Å². The Hall–Kier alpha value is -0.670. The molecule has 2 rings (SSSR count). The van der Waals surface area contributed by atoms with Crippen LogP contribution in [0, 0.1) is 0 Å². The predicted molar refractivity (Wildman–Crippen MR) is 75.5 cm³/mol. The lowest BCUT2D eigenvalue weighted by atomic mass is 10.3. The van der Waals surface area contributed by atoms with Crippen LogP contribution in [0.1, 0.15) is 10.6 Å². The maximum Gasteiger partial charge on any atom is 0.273 e. The SMILES string of the molecule is O=S(=O)(NCCc1ccc(Br)s1)c1ccc(CO)o1. The lowest BCUT2D eigenvalue weighted by Gasteiger charge is -2.02. The normalized spacial score (nSPS) is 11.9. The highest BCUT2D eigenvalue weighted by molar-refractivity contribution is 9.11. The van der Waals surface area contributed by atoms with Gasteiger partial charge in [0.25, 0.3) is 10.0 Å². The van der Waals surface area contributed by atoms with Crippen molar-refractivity contribution in [2.75, 3.05) is 6.54 Å². The maximum atomic E-state index is 11.9. The van der Waals surface area contributed by atoms with Crippen LogP contribution in [0.15, 0.2) is 37.6 Å². The summed E-state index contributed by atoms with van der Waals surface area (Å²) in [5.74, 6) is 0.225. The van der Waals surface area contributed by atoms with Crippen LogP contribution in [0.3, 0.4) is 0 Å². The molecule has 0 aromatic carbocycles. The maximum absolute atomic E-state index is 11.9. The number of nitrogens with one attached hydrogen (secondary N) is 1. The number of hydrogen-bond acceptors (Lipinski definition) is 5. The zero-order valence-corrected chi connectivity index (χ0v) is 13.0.